The number of benzene rings is 2. The van der Waals surface area contributed by atoms with Crippen molar-refractivity contribution in [2.75, 3.05) is 46.5 Å². The molecule has 0 aliphatic carbocycles. The van der Waals surface area contributed by atoms with Crippen LogP contribution in [-0.2, 0) is 25.2 Å². The second-order valence-electron chi connectivity index (χ2n) is 6.65. The molecular formula is C23H24F3NO7. The third-order valence-corrected chi connectivity index (χ3v) is 4.29. The van der Waals surface area contributed by atoms with Gasteiger partial charge in [0.2, 0.25) is 0 Å². The van der Waals surface area contributed by atoms with Gasteiger partial charge in [0.15, 0.2) is 18.1 Å². The van der Waals surface area contributed by atoms with Crippen molar-refractivity contribution in [2.45, 2.75) is 6.18 Å². The lowest BCUT2D eigenvalue weighted by atomic mass is 10.1. The maximum atomic E-state index is 13.1. The lowest BCUT2D eigenvalue weighted by Gasteiger charge is -2.16. The van der Waals surface area contributed by atoms with Crippen LogP contribution in [0.25, 0.3) is 6.08 Å². The number of carbonyl (C=O) groups excluding carboxylic acids is 2. The number of rotatable bonds is 11. The molecule has 0 aromatic heterocycles. The number of hydrogen-bond acceptors (Lipinski definition) is 7. The summed E-state index contributed by atoms with van der Waals surface area (Å²) in [5, 5.41) is 2.38. The highest BCUT2D eigenvalue weighted by Crippen LogP contribution is 2.35. The van der Waals surface area contributed by atoms with Crippen LogP contribution in [0.2, 0.25) is 0 Å². The highest BCUT2D eigenvalue weighted by molar-refractivity contribution is 5.93. The van der Waals surface area contributed by atoms with Gasteiger partial charge >= 0.3 is 12.1 Å². The topological polar surface area (TPSA) is 92.3 Å². The smallest absolute Gasteiger partial charge is 0.416 e. The van der Waals surface area contributed by atoms with Gasteiger partial charge in [0, 0.05) is 13.2 Å². The fraction of sp³-hybridized carbons (Fsp3) is 0.304. The number of methoxy groups -OCH3 is 3. The molecule has 0 fully saturated rings. The third kappa shape index (κ3) is 8.00. The first-order valence-corrected chi connectivity index (χ1v) is 9.87. The summed E-state index contributed by atoms with van der Waals surface area (Å²) < 4.78 is 64.8. The molecule has 0 aliphatic heterocycles. The molecule has 0 spiro atoms. The maximum absolute atomic E-state index is 13.1. The van der Waals surface area contributed by atoms with Crippen molar-refractivity contribution in [2.24, 2.45) is 0 Å². The van der Waals surface area contributed by atoms with E-state index >= 15 is 0 Å². The van der Waals surface area contributed by atoms with Crippen LogP contribution < -0.4 is 19.5 Å². The van der Waals surface area contributed by atoms with E-state index < -0.39 is 30.2 Å². The van der Waals surface area contributed by atoms with Gasteiger partial charge in [0.25, 0.3) is 5.91 Å². The largest absolute Gasteiger partial charge is 0.493 e. The molecule has 1 N–H and O–H groups in total. The van der Waals surface area contributed by atoms with Crippen molar-refractivity contribution in [1.82, 2.24) is 0 Å². The fourth-order valence-electron chi connectivity index (χ4n) is 2.63. The highest BCUT2D eigenvalue weighted by atomic mass is 19.4. The Morgan fingerprint density at radius 3 is 2.32 bits per heavy atom. The molecule has 0 bridgehead atoms. The Bertz CT molecular complexity index is 1020. The number of esters is 1. The van der Waals surface area contributed by atoms with E-state index in [2.05, 4.69) is 10.1 Å². The number of ether oxygens (including phenoxy) is 5. The van der Waals surface area contributed by atoms with E-state index in [4.69, 9.17) is 18.9 Å². The minimum Gasteiger partial charge on any atom is -0.493 e. The van der Waals surface area contributed by atoms with Gasteiger partial charge in [-0.05, 0) is 42.0 Å². The van der Waals surface area contributed by atoms with E-state index in [1.165, 1.54) is 39.5 Å². The summed E-state index contributed by atoms with van der Waals surface area (Å²) in [6.07, 6.45) is -1.87. The van der Waals surface area contributed by atoms with Gasteiger partial charge < -0.3 is 29.0 Å². The van der Waals surface area contributed by atoms with Crippen LogP contribution in [-0.4, -0.2) is 53.0 Å². The summed E-state index contributed by atoms with van der Waals surface area (Å²) in [5.41, 5.74) is -0.490. The van der Waals surface area contributed by atoms with E-state index in [0.717, 1.165) is 18.2 Å². The normalized spacial score (nSPS) is 11.2. The minimum absolute atomic E-state index is 0.0535. The zero-order valence-electron chi connectivity index (χ0n) is 18.7. The first kappa shape index (κ1) is 26.5. The van der Waals surface area contributed by atoms with Crippen LogP contribution in [0.4, 0.5) is 18.9 Å². The predicted octanol–water partition coefficient (Wildman–Crippen LogP) is 3.94. The number of anilines is 1. The molecule has 0 unspecified atom stereocenters. The van der Waals surface area contributed by atoms with Crippen molar-refractivity contribution in [3.05, 3.63) is 53.6 Å². The molecule has 0 heterocycles. The molecule has 1 amide bonds. The van der Waals surface area contributed by atoms with Crippen molar-refractivity contribution in [3.8, 4) is 17.2 Å². The Kier molecular flexibility index (Phi) is 9.75. The average Bonchev–Trinajstić information content (AvgIpc) is 2.81. The number of alkyl halides is 3. The Balaban J connectivity index is 2.11. The lowest BCUT2D eigenvalue weighted by molar-refractivity contribution is -0.137. The first-order chi connectivity index (χ1) is 16.2. The number of hydrogen-bond donors (Lipinski definition) is 1. The van der Waals surface area contributed by atoms with Crippen LogP contribution in [0.3, 0.4) is 0 Å². The Hall–Kier alpha value is -3.73. The van der Waals surface area contributed by atoms with E-state index in [-0.39, 0.29) is 36.1 Å². The minimum atomic E-state index is -4.60. The van der Waals surface area contributed by atoms with E-state index in [1.54, 1.807) is 12.1 Å². The van der Waals surface area contributed by atoms with Crippen LogP contribution >= 0.6 is 0 Å². The van der Waals surface area contributed by atoms with Crippen LogP contribution in [0.15, 0.2) is 42.5 Å². The summed E-state index contributed by atoms with van der Waals surface area (Å²) in [6.45, 7) is -0.223. The summed E-state index contributed by atoms with van der Waals surface area (Å²) in [4.78, 5) is 23.6. The van der Waals surface area contributed by atoms with Gasteiger partial charge in [0.05, 0.1) is 32.1 Å². The van der Waals surface area contributed by atoms with Crippen molar-refractivity contribution in [1.29, 1.82) is 0 Å². The highest BCUT2D eigenvalue weighted by Gasteiger charge is 2.31. The lowest BCUT2D eigenvalue weighted by Crippen LogP contribution is -2.21. The van der Waals surface area contributed by atoms with E-state index in [9.17, 15) is 22.8 Å². The standard InChI is InChI=1S/C23H24F3NO7/c1-30-10-11-33-18-8-6-16(23(24,25)26)13-17(18)27-21(28)14-34-19-7-4-15(12-20(19)31-2)5-9-22(29)32-3/h4-9,12-13H,10-11,14H2,1-3H3,(H,27,28)/b9-5+. The number of halogens is 3. The SMILES string of the molecule is COCCOc1ccc(C(F)(F)F)cc1NC(=O)COc1ccc(/C=C/C(=O)OC)cc1OC. The molecule has 0 saturated heterocycles. The van der Waals surface area contributed by atoms with Gasteiger partial charge in [-0.15, -0.1) is 0 Å². The van der Waals surface area contributed by atoms with Gasteiger partial charge in [-0.2, -0.15) is 13.2 Å². The molecule has 34 heavy (non-hydrogen) atoms. The second kappa shape index (κ2) is 12.5. The van der Waals surface area contributed by atoms with Crippen molar-refractivity contribution >= 4 is 23.6 Å². The average molecular weight is 483 g/mol. The zero-order chi connectivity index (χ0) is 25.1. The maximum Gasteiger partial charge on any atom is 0.416 e. The van der Waals surface area contributed by atoms with Crippen molar-refractivity contribution in [3.63, 3.8) is 0 Å². The second-order valence-corrected chi connectivity index (χ2v) is 6.65. The van der Waals surface area contributed by atoms with E-state index in [0.29, 0.717) is 5.56 Å². The summed E-state index contributed by atoms with van der Waals surface area (Å²) >= 11 is 0. The molecule has 0 radical (unpaired) electrons. The Morgan fingerprint density at radius 2 is 1.68 bits per heavy atom. The quantitative estimate of drug-likeness (QED) is 0.294. The van der Waals surface area contributed by atoms with E-state index in [1.807, 2.05) is 0 Å². The van der Waals surface area contributed by atoms with Gasteiger partial charge in [0.1, 0.15) is 12.4 Å². The predicted molar refractivity (Wildman–Crippen MR) is 117 cm³/mol. The molecule has 2 aromatic rings. The number of carbonyl (C=O) groups is 2. The molecular weight excluding hydrogens is 459 g/mol. The van der Waals surface area contributed by atoms with Gasteiger partial charge in [-0.1, -0.05) is 6.07 Å². The van der Waals surface area contributed by atoms with Crippen LogP contribution in [0, 0.1) is 0 Å². The Labute approximate surface area is 194 Å². The third-order valence-electron chi connectivity index (χ3n) is 4.29. The van der Waals surface area contributed by atoms with Crippen LogP contribution in [0.1, 0.15) is 11.1 Å². The zero-order valence-corrected chi connectivity index (χ0v) is 18.7. The molecule has 11 heteroatoms. The summed E-state index contributed by atoms with van der Waals surface area (Å²) in [6, 6.07) is 7.47. The molecule has 0 aliphatic rings. The monoisotopic (exact) mass is 483 g/mol. The fourth-order valence-corrected chi connectivity index (χ4v) is 2.63. The van der Waals surface area contributed by atoms with Crippen molar-refractivity contribution < 1.29 is 46.4 Å². The molecule has 8 nitrogen and oxygen atoms in total. The molecule has 0 saturated carbocycles. The molecule has 2 rings (SSSR count). The number of amides is 1. The summed E-state index contributed by atoms with van der Waals surface area (Å²) in [7, 11) is 4.10. The Morgan fingerprint density at radius 1 is 0.941 bits per heavy atom. The molecule has 0 atom stereocenters. The van der Waals surface area contributed by atoms with Crippen LogP contribution in [0.5, 0.6) is 17.2 Å². The first-order valence-electron chi connectivity index (χ1n) is 9.87. The molecule has 184 valence electrons. The molecule has 2 aromatic carbocycles. The number of nitrogens with one attached hydrogen (secondary N) is 1. The van der Waals surface area contributed by atoms with Gasteiger partial charge in [-0.3, -0.25) is 4.79 Å². The summed E-state index contributed by atoms with van der Waals surface area (Å²) in [5.74, 6) is -0.697. The van der Waals surface area contributed by atoms with Gasteiger partial charge in [-0.25, -0.2) is 4.79 Å².